The fourth-order valence-corrected chi connectivity index (χ4v) is 2.78. The fraction of sp³-hybridized carbons (Fsp3) is 0.200. The molecule has 0 aliphatic carbocycles. The van der Waals surface area contributed by atoms with Crippen molar-refractivity contribution in [2.45, 2.75) is 12.3 Å². The number of halogens is 3. The van der Waals surface area contributed by atoms with E-state index in [-0.39, 0.29) is 11.7 Å². The molecule has 1 unspecified atom stereocenters. The predicted molar refractivity (Wildman–Crippen MR) is 85.1 cm³/mol. The number of phenolic OH excluding ortho intramolecular Hbond substituents is 1. The van der Waals surface area contributed by atoms with Crippen LogP contribution in [0, 0.1) is 0 Å². The van der Waals surface area contributed by atoms with E-state index in [2.05, 4.69) is 0 Å². The summed E-state index contributed by atoms with van der Waals surface area (Å²) in [5, 5.41) is 10.8. The zero-order valence-electron chi connectivity index (χ0n) is 10.6. The predicted octanol–water partition coefficient (Wildman–Crippen LogP) is 4.64. The van der Waals surface area contributed by atoms with Gasteiger partial charge in [-0.15, -0.1) is 0 Å². The zero-order valence-corrected chi connectivity index (χ0v) is 12.9. The van der Waals surface area contributed by atoms with Crippen molar-refractivity contribution in [2.75, 3.05) is 6.54 Å². The van der Waals surface area contributed by atoms with E-state index in [1.165, 1.54) is 0 Å². The minimum atomic E-state index is 0.0433. The largest absolute Gasteiger partial charge is 0.506 e. The summed E-state index contributed by atoms with van der Waals surface area (Å²) >= 11 is 18.2. The lowest BCUT2D eigenvalue weighted by Gasteiger charge is -2.17. The molecule has 0 aliphatic heterocycles. The first kappa shape index (κ1) is 15.5. The Morgan fingerprint density at radius 1 is 1.05 bits per heavy atom. The Balaban J connectivity index is 2.28. The summed E-state index contributed by atoms with van der Waals surface area (Å²) in [7, 11) is 0. The first-order chi connectivity index (χ1) is 9.52. The van der Waals surface area contributed by atoms with Crippen LogP contribution in [0.15, 0.2) is 36.4 Å². The molecule has 0 saturated heterocycles. The van der Waals surface area contributed by atoms with Gasteiger partial charge in [-0.1, -0.05) is 53.0 Å². The van der Waals surface area contributed by atoms with E-state index in [0.29, 0.717) is 28.0 Å². The van der Waals surface area contributed by atoms with Crippen LogP contribution in [0.4, 0.5) is 0 Å². The Labute approximate surface area is 133 Å². The molecule has 0 heterocycles. The van der Waals surface area contributed by atoms with Crippen molar-refractivity contribution in [2.24, 2.45) is 5.73 Å². The summed E-state index contributed by atoms with van der Waals surface area (Å²) in [5.41, 5.74) is 7.76. The molecule has 1 atom stereocenters. The maximum Gasteiger partial charge on any atom is 0.134 e. The molecule has 2 aromatic carbocycles. The highest BCUT2D eigenvalue weighted by Crippen LogP contribution is 2.33. The SMILES string of the molecule is NCC(Cc1ccc(O)c(Cl)c1)c1cccc(Cl)c1Cl. The number of rotatable bonds is 4. The lowest BCUT2D eigenvalue weighted by Crippen LogP contribution is -2.15. The quantitative estimate of drug-likeness (QED) is 0.858. The summed E-state index contributed by atoms with van der Waals surface area (Å²) in [6.45, 7) is 0.443. The molecule has 0 aromatic heterocycles. The van der Waals surface area contributed by atoms with Gasteiger partial charge in [-0.3, -0.25) is 0 Å². The zero-order chi connectivity index (χ0) is 14.7. The van der Waals surface area contributed by atoms with Crippen LogP contribution >= 0.6 is 34.8 Å². The van der Waals surface area contributed by atoms with E-state index in [4.69, 9.17) is 40.5 Å². The average Bonchev–Trinajstić information content (AvgIpc) is 2.43. The second-order valence-corrected chi connectivity index (χ2v) is 5.76. The summed E-state index contributed by atoms with van der Waals surface area (Å²) in [4.78, 5) is 0. The summed E-state index contributed by atoms with van der Waals surface area (Å²) in [6, 6.07) is 10.7. The monoisotopic (exact) mass is 329 g/mol. The van der Waals surface area contributed by atoms with Crippen LogP contribution in [0.1, 0.15) is 17.0 Å². The van der Waals surface area contributed by atoms with Crippen molar-refractivity contribution in [1.82, 2.24) is 0 Å². The van der Waals surface area contributed by atoms with Crippen LogP contribution in [0.5, 0.6) is 5.75 Å². The highest BCUT2D eigenvalue weighted by atomic mass is 35.5. The third-order valence-electron chi connectivity index (χ3n) is 3.20. The molecule has 2 nitrogen and oxygen atoms in total. The van der Waals surface area contributed by atoms with Gasteiger partial charge in [0.1, 0.15) is 5.75 Å². The van der Waals surface area contributed by atoms with Gasteiger partial charge >= 0.3 is 0 Å². The maximum atomic E-state index is 9.44. The molecular formula is C15H14Cl3NO. The van der Waals surface area contributed by atoms with Gasteiger partial charge in [-0.25, -0.2) is 0 Å². The van der Waals surface area contributed by atoms with E-state index < -0.39 is 0 Å². The Bertz CT molecular complexity index is 616. The van der Waals surface area contributed by atoms with E-state index >= 15 is 0 Å². The number of hydrogen-bond donors (Lipinski definition) is 2. The van der Waals surface area contributed by atoms with Gasteiger partial charge in [-0.2, -0.15) is 0 Å². The van der Waals surface area contributed by atoms with Gasteiger partial charge < -0.3 is 10.8 Å². The van der Waals surface area contributed by atoms with Gasteiger partial charge in [0.15, 0.2) is 0 Å². The maximum absolute atomic E-state index is 9.44. The second kappa shape index (κ2) is 6.68. The first-order valence-electron chi connectivity index (χ1n) is 6.14. The van der Waals surface area contributed by atoms with Crippen molar-refractivity contribution >= 4 is 34.8 Å². The number of nitrogens with two attached hydrogens (primary N) is 1. The third kappa shape index (κ3) is 3.39. The molecule has 0 spiro atoms. The van der Waals surface area contributed by atoms with Crippen LogP contribution in [0.3, 0.4) is 0 Å². The number of phenols is 1. The molecule has 2 rings (SSSR count). The first-order valence-corrected chi connectivity index (χ1v) is 7.27. The fourth-order valence-electron chi connectivity index (χ4n) is 2.12. The molecule has 3 N–H and O–H groups in total. The van der Waals surface area contributed by atoms with Gasteiger partial charge in [0.25, 0.3) is 0 Å². The molecule has 2 aromatic rings. The smallest absolute Gasteiger partial charge is 0.134 e. The molecule has 20 heavy (non-hydrogen) atoms. The lowest BCUT2D eigenvalue weighted by atomic mass is 9.92. The van der Waals surface area contributed by atoms with Crippen LogP contribution < -0.4 is 5.73 Å². The van der Waals surface area contributed by atoms with Crippen molar-refractivity contribution in [3.8, 4) is 5.75 Å². The van der Waals surface area contributed by atoms with Crippen molar-refractivity contribution in [1.29, 1.82) is 0 Å². The number of aromatic hydroxyl groups is 1. The molecule has 0 aliphatic rings. The highest BCUT2D eigenvalue weighted by molar-refractivity contribution is 6.42. The minimum Gasteiger partial charge on any atom is -0.506 e. The van der Waals surface area contributed by atoms with E-state index in [9.17, 15) is 5.11 Å². The molecule has 106 valence electrons. The van der Waals surface area contributed by atoms with E-state index in [1.807, 2.05) is 18.2 Å². The number of hydrogen-bond acceptors (Lipinski definition) is 2. The van der Waals surface area contributed by atoms with Crippen LogP contribution in [-0.4, -0.2) is 11.7 Å². The van der Waals surface area contributed by atoms with Gasteiger partial charge in [0.2, 0.25) is 0 Å². The summed E-state index contributed by atoms with van der Waals surface area (Å²) < 4.78 is 0. The molecular weight excluding hydrogens is 317 g/mol. The molecule has 5 heteroatoms. The van der Waals surface area contributed by atoms with Gasteiger partial charge in [0.05, 0.1) is 15.1 Å². The highest BCUT2D eigenvalue weighted by Gasteiger charge is 2.16. The third-order valence-corrected chi connectivity index (χ3v) is 4.34. The molecule has 0 radical (unpaired) electrons. The van der Waals surface area contributed by atoms with Crippen LogP contribution in [0.2, 0.25) is 15.1 Å². The van der Waals surface area contributed by atoms with Crippen molar-refractivity contribution in [3.63, 3.8) is 0 Å². The summed E-state index contributed by atoms with van der Waals surface area (Å²) in [5.74, 6) is 0.113. The molecule has 0 fully saturated rings. The Morgan fingerprint density at radius 3 is 2.45 bits per heavy atom. The summed E-state index contributed by atoms with van der Waals surface area (Å²) in [6.07, 6.45) is 0.677. The van der Waals surface area contributed by atoms with Gasteiger partial charge in [0, 0.05) is 5.92 Å². The lowest BCUT2D eigenvalue weighted by molar-refractivity contribution is 0.475. The standard InChI is InChI=1S/C15H14Cl3NO/c16-12-3-1-2-11(15(12)18)10(8-19)6-9-4-5-14(20)13(17)7-9/h1-5,7,10,20H,6,8,19H2. The Morgan fingerprint density at radius 2 is 1.80 bits per heavy atom. The topological polar surface area (TPSA) is 46.2 Å². The van der Waals surface area contributed by atoms with E-state index in [1.54, 1.807) is 18.2 Å². The van der Waals surface area contributed by atoms with Crippen molar-refractivity contribution < 1.29 is 5.11 Å². The van der Waals surface area contributed by atoms with Gasteiger partial charge in [-0.05, 0) is 42.3 Å². The second-order valence-electron chi connectivity index (χ2n) is 4.57. The average molecular weight is 331 g/mol. The minimum absolute atomic E-state index is 0.0433. The Kier molecular flexibility index (Phi) is 5.17. The molecule has 0 bridgehead atoms. The molecule has 0 saturated carbocycles. The van der Waals surface area contributed by atoms with Crippen LogP contribution in [0.25, 0.3) is 0 Å². The van der Waals surface area contributed by atoms with Crippen LogP contribution in [-0.2, 0) is 6.42 Å². The number of benzene rings is 2. The Hall–Kier alpha value is -0.930. The molecule has 0 amide bonds. The normalized spacial score (nSPS) is 12.4. The van der Waals surface area contributed by atoms with E-state index in [0.717, 1.165) is 11.1 Å². The van der Waals surface area contributed by atoms with Crippen molar-refractivity contribution in [3.05, 3.63) is 62.6 Å².